The summed E-state index contributed by atoms with van der Waals surface area (Å²) in [6.07, 6.45) is 1.45. The highest BCUT2D eigenvalue weighted by atomic mass is 35.5. The van der Waals surface area contributed by atoms with Gasteiger partial charge in [0, 0.05) is 34.1 Å². The molecule has 1 aliphatic heterocycles. The first-order chi connectivity index (χ1) is 18.2. The summed E-state index contributed by atoms with van der Waals surface area (Å²) in [4.78, 5) is 38.4. The number of halogens is 2. The smallest absolute Gasteiger partial charge is 0.302 e. The zero-order valence-electron chi connectivity index (χ0n) is 20.6. The third-order valence-corrected chi connectivity index (χ3v) is 6.25. The molecule has 0 spiro atoms. The van der Waals surface area contributed by atoms with Crippen molar-refractivity contribution < 1.29 is 18.4 Å². The summed E-state index contributed by atoms with van der Waals surface area (Å²) in [5.41, 5.74) is 3.51. The van der Waals surface area contributed by atoms with Crippen molar-refractivity contribution in [2.24, 2.45) is 4.99 Å². The third-order valence-electron chi connectivity index (χ3n) is 5.92. The molecule has 9 nitrogen and oxygen atoms in total. The standard InChI is InChI=1S/C27H22ClFN6O3/c1-13-4-6-18(19(28)10-13)24-23(25(37)33-22-11-16(15(3)36)8-9-30-22)14(2)31-26(34-24)35-27-32-20-7-5-17(29)12-21(20)38-27/h4-12,24H,1-3H3,(H,30,33,37)(H2,31,32,34,35). The Morgan fingerprint density at radius 1 is 1.11 bits per heavy atom. The molecule has 0 aliphatic carbocycles. The maximum Gasteiger partial charge on any atom is 0.302 e. The molecule has 11 heteroatoms. The Kier molecular flexibility index (Phi) is 6.64. The van der Waals surface area contributed by atoms with Crippen LogP contribution >= 0.6 is 11.6 Å². The summed E-state index contributed by atoms with van der Waals surface area (Å²) in [5.74, 6) is -0.581. The van der Waals surface area contributed by atoms with Gasteiger partial charge in [-0.3, -0.25) is 14.9 Å². The summed E-state index contributed by atoms with van der Waals surface area (Å²) in [6, 6.07) is 11.9. The van der Waals surface area contributed by atoms with Crippen LogP contribution in [-0.2, 0) is 4.79 Å². The summed E-state index contributed by atoms with van der Waals surface area (Å²) in [6.45, 7) is 5.07. The lowest BCUT2D eigenvalue weighted by Gasteiger charge is -2.27. The van der Waals surface area contributed by atoms with Crippen LogP contribution in [-0.4, -0.2) is 27.6 Å². The first-order valence-electron chi connectivity index (χ1n) is 11.6. The van der Waals surface area contributed by atoms with Crippen molar-refractivity contribution in [1.29, 1.82) is 0 Å². The maximum atomic E-state index is 13.6. The topological polar surface area (TPSA) is 122 Å². The Morgan fingerprint density at radius 2 is 1.92 bits per heavy atom. The van der Waals surface area contributed by atoms with Crippen LogP contribution in [0.5, 0.6) is 0 Å². The Balaban J connectivity index is 1.50. The quantitative estimate of drug-likeness (QED) is 0.288. The van der Waals surface area contributed by atoms with Gasteiger partial charge in [0.2, 0.25) is 5.96 Å². The fourth-order valence-electron chi connectivity index (χ4n) is 4.07. The van der Waals surface area contributed by atoms with Crippen molar-refractivity contribution >= 4 is 52.2 Å². The van der Waals surface area contributed by atoms with Gasteiger partial charge in [-0.25, -0.2) is 14.4 Å². The molecular weight excluding hydrogens is 511 g/mol. The van der Waals surface area contributed by atoms with Crippen LogP contribution in [0.15, 0.2) is 75.4 Å². The van der Waals surface area contributed by atoms with Crippen LogP contribution in [0.1, 0.15) is 41.4 Å². The van der Waals surface area contributed by atoms with Crippen molar-refractivity contribution in [3.05, 3.63) is 93.5 Å². The van der Waals surface area contributed by atoms with E-state index in [1.807, 2.05) is 19.1 Å². The molecule has 0 saturated heterocycles. The fourth-order valence-corrected chi connectivity index (χ4v) is 4.41. The Labute approximate surface area is 221 Å². The molecular formula is C27H22ClFN6O3. The minimum atomic E-state index is -0.801. The SMILES string of the molecule is CC(=O)c1ccnc(NC(=O)C2=C(C)NC(Nc3nc4ccc(F)cc4o3)=NC2c2ccc(C)cc2Cl)c1. The summed E-state index contributed by atoms with van der Waals surface area (Å²) < 4.78 is 19.2. The number of oxazole rings is 1. The van der Waals surface area contributed by atoms with Gasteiger partial charge in [-0.2, -0.15) is 4.98 Å². The Hall–Kier alpha value is -4.57. The average Bonchev–Trinajstić information content (AvgIpc) is 3.25. The molecule has 1 unspecified atom stereocenters. The summed E-state index contributed by atoms with van der Waals surface area (Å²) in [5, 5.41) is 9.22. The minimum Gasteiger partial charge on any atom is -0.423 e. The number of benzene rings is 2. The number of carbonyl (C=O) groups excluding carboxylic acids is 2. The number of fused-ring (bicyclic) bond motifs is 1. The maximum absolute atomic E-state index is 13.6. The molecule has 38 heavy (non-hydrogen) atoms. The third kappa shape index (κ3) is 5.12. The monoisotopic (exact) mass is 532 g/mol. The van der Waals surface area contributed by atoms with Crippen molar-refractivity contribution in [3.8, 4) is 0 Å². The molecule has 1 atom stereocenters. The van der Waals surface area contributed by atoms with E-state index < -0.39 is 17.8 Å². The van der Waals surface area contributed by atoms with E-state index >= 15 is 0 Å². The second kappa shape index (κ2) is 10.1. The van der Waals surface area contributed by atoms with Crippen LogP contribution in [0.2, 0.25) is 5.02 Å². The highest BCUT2D eigenvalue weighted by Gasteiger charge is 2.31. The molecule has 192 valence electrons. The number of aliphatic imine (C=N–C) groups is 1. The van der Waals surface area contributed by atoms with Gasteiger partial charge in [-0.1, -0.05) is 23.7 Å². The number of allylic oxidation sites excluding steroid dienone is 1. The number of hydrogen-bond acceptors (Lipinski definition) is 8. The van der Waals surface area contributed by atoms with Gasteiger partial charge in [0.05, 0.1) is 5.57 Å². The van der Waals surface area contributed by atoms with Crippen LogP contribution < -0.4 is 16.0 Å². The summed E-state index contributed by atoms with van der Waals surface area (Å²) >= 11 is 6.59. The Bertz CT molecular complexity index is 1660. The first-order valence-corrected chi connectivity index (χ1v) is 12.0. The predicted molar refractivity (Wildman–Crippen MR) is 143 cm³/mol. The molecule has 3 heterocycles. The second-order valence-electron chi connectivity index (χ2n) is 8.77. The number of aryl methyl sites for hydroxylation is 1. The van der Waals surface area contributed by atoms with E-state index in [0.29, 0.717) is 32.9 Å². The van der Waals surface area contributed by atoms with E-state index in [0.717, 1.165) is 5.56 Å². The number of ketones is 1. The van der Waals surface area contributed by atoms with E-state index in [-0.39, 0.29) is 29.2 Å². The molecule has 2 aromatic heterocycles. The van der Waals surface area contributed by atoms with Crippen molar-refractivity contribution in [2.45, 2.75) is 26.8 Å². The number of Topliss-reactive ketones (excluding diaryl/α,β-unsaturated/α-hetero) is 1. The van der Waals surface area contributed by atoms with Gasteiger partial charge in [0.1, 0.15) is 23.2 Å². The number of pyridine rings is 1. The number of anilines is 2. The van der Waals surface area contributed by atoms with Crippen LogP contribution in [0.3, 0.4) is 0 Å². The van der Waals surface area contributed by atoms with Gasteiger partial charge in [-0.15, -0.1) is 0 Å². The van der Waals surface area contributed by atoms with Gasteiger partial charge < -0.3 is 15.1 Å². The molecule has 0 saturated carbocycles. The molecule has 2 aromatic carbocycles. The van der Waals surface area contributed by atoms with Crippen molar-refractivity contribution in [3.63, 3.8) is 0 Å². The highest BCUT2D eigenvalue weighted by Crippen LogP contribution is 2.36. The zero-order valence-corrected chi connectivity index (χ0v) is 21.4. The van der Waals surface area contributed by atoms with E-state index in [1.54, 1.807) is 19.1 Å². The minimum absolute atomic E-state index is 0.0940. The van der Waals surface area contributed by atoms with E-state index in [2.05, 4.69) is 25.9 Å². The first kappa shape index (κ1) is 25.1. The lowest BCUT2D eigenvalue weighted by molar-refractivity contribution is -0.113. The zero-order chi connectivity index (χ0) is 27.0. The van der Waals surface area contributed by atoms with Gasteiger partial charge in [0.25, 0.3) is 5.91 Å². The molecule has 1 aliphatic rings. The van der Waals surface area contributed by atoms with E-state index in [1.165, 1.54) is 37.4 Å². The largest absolute Gasteiger partial charge is 0.423 e. The van der Waals surface area contributed by atoms with E-state index in [4.69, 9.17) is 21.0 Å². The van der Waals surface area contributed by atoms with E-state index in [9.17, 15) is 14.0 Å². The number of guanidine groups is 1. The highest BCUT2D eigenvalue weighted by molar-refractivity contribution is 6.31. The van der Waals surface area contributed by atoms with Crippen LogP contribution in [0, 0.1) is 12.7 Å². The number of rotatable bonds is 5. The molecule has 0 bridgehead atoms. The molecule has 3 N–H and O–H groups in total. The van der Waals surface area contributed by atoms with Gasteiger partial charge >= 0.3 is 6.01 Å². The number of carbonyl (C=O) groups is 2. The number of hydrogen-bond donors (Lipinski definition) is 3. The second-order valence-corrected chi connectivity index (χ2v) is 9.17. The number of aromatic nitrogens is 2. The molecule has 1 amide bonds. The van der Waals surface area contributed by atoms with Gasteiger partial charge in [-0.05, 0) is 56.7 Å². The number of nitrogens with zero attached hydrogens (tertiary/aromatic N) is 3. The Morgan fingerprint density at radius 3 is 2.68 bits per heavy atom. The fraction of sp³-hybridized carbons (Fsp3) is 0.148. The molecule has 4 aromatic rings. The lowest BCUT2D eigenvalue weighted by Crippen LogP contribution is -2.37. The number of nitrogens with one attached hydrogen (secondary N) is 3. The lowest BCUT2D eigenvalue weighted by atomic mass is 9.95. The molecule has 0 radical (unpaired) electrons. The van der Waals surface area contributed by atoms with Crippen LogP contribution in [0.4, 0.5) is 16.2 Å². The predicted octanol–water partition coefficient (Wildman–Crippen LogP) is 5.55. The van der Waals surface area contributed by atoms with Crippen LogP contribution in [0.25, 0.3) is 11.1 Å². The number of amides is 1. The summed E-state index contributed by atoms with van der Waals surface area (Å²) in [7, 11) is 0. The normalized spacial score (nSPS) is 15.2. The van der Waals surface area contributed by atoms with Crippen molar-refractivity contribution in [2.75, 3.05) is 10.6 Å². The van der Waals surface area contributed by atoms with Crippen molar-refractivity contribution in [1.82, 2.24) is 15.3 Å². The average molecular weight is 533 g/mol. The van der Waals surface area contributed by atoms with Gasteiger partial charge in [0.15, 0.2) is 11.4 Å². The molecule has 5 rings (SSSR count). The molecule has 0 fully saturated rings.